The van der Waals surface area contributed by atoms with E-state index in [0.717, 1.165) is 0 Å². The van der Waals surface area contributed by atoms with Gasteiger partial charge >= 0.3 is 5.97 Å². The van der Waals surface area contributed by atoms with Gasteiger partial charge in [0, 0.05) is 6.54 Å². The van der Waals surface area contributed by atoms with E-state index in [-0.39, 0.29) is 13.0 Å². The fourth-order valence-corrected chi connectivity index (χ4v) is 0.658. The standard InChI is InChI=1S/C6H12N2O3/c1-6(3-7,8-4-9)2-5(10)11/h4H,2-3,7H2,1H3,(H,8,9)(H,10,11). The minimum atomic E-state index is -0.979. The lowest BCUT2D eigenvalue weighted by atomic mass is 9.99. The van der Waals surface area contributed by atoms with Crippen LogP contribution in [-0.4, -0.2) is 29.6 Å². The molecule has 1 unspecified atom stereocenters. The topological polar surface area (TPSA) is 92.4 Å². The normalized spacial score (nSPS) is 15.1. The quantitative estimate of drug-likeness (QED) is 0.446. The second kappa shape index (κ2) is 3.92. The number of carbonyl (C=O) groups is 2. The highest BCUT2D eigenvalue weighted by molar-refractivity contribution is 5.69. The average Bonchev–Trinajstić information content (AvgIpc) is 1.87. The van der Waals surface area contributed by atoms with Gasteiger partial charge in [0.05, 0.1) is 12.0 Å². The zero-order valence-corrected chi connectivity index (χ0v) is 6.33. The van der Waals surface area contributed by atoms with Gasteiger partial charge in [0.15, 0.2) is 0 Å². The van der Waals surface area contributed by atoms with Gasteiger partial charge in [-0.3, -0.25) is 9.59 Å². The van der Waals surface area contributed by atoms with Crippen molar-refractivity contribution in [2.24, 2.45) is 5.73 Å². The molecule has 0 radical (unpaired) electrons. The van der Waals surface area contributed by atoms with E-state index in [9.17, 15) is 9.59 Å². The summed E-state index contributed by atoms with van der Waals surface area (Å²) in [4.78, 5) is 20.2. The molecule has 0 spiro atoms. The molecule has 0 bridgehead atoms. The van der Waals surface area contributed by atoms with Crippen LogP contribution in [0.15, 0.2) is 0 Å². The Morgan fingerprint density at radius 1 is 1.82 bits per heavy atom. The molecule has 1 amide bonds. The summed E-state index contributed by atoms with van der Waals surface area (Å²) in [5, 5.41) is 10.7. The molecular weight excluding hydrogens is 148 g/mol. The molecule has 0 aromatic heterocycles. The molecule has 5 nitrogen and oxygen atoms in total. The van der Waals surface area contributed by atoms with Crippen LogP contribution in [-0.2, 0) is 9.59 Å². The summed E-state index contributed by atoms with van der Waals surface area (Å²) >= 11 is 0. The maximum absolute atomic E-state index is 10.2. The van der Waals surface area contributed by atoms with E-state index in [0.29, 0.717) is 6.41 Å². The molecule has 4 N–H and O–H groups in total. The first-order chi connectivity index (χ1) is 5.04. The number of hydrogen-bond acceptors (Lipinski definition) is 3. The Labute approximate surface area is 64.6 Å². The minimum absolute atomic E-state index is 0.109. The number of hydrogen-bond donors (Lipinski definition) is 3. The summed E-state index contributed by atoms with van der Waals surface area (Å²) in [7, 11) is 0. The minimum Gasteiger partial charge on any atom is -0.481 e. The Kier molecular flexibility index (Phi) is 3.53. The predicted molar refractivity (Wildman–Crippen MR) is 38.9 cm³/mol. The van der Waals surface area contributed by atoms with Crippen molar-refractivity contribution < 1.29 is 14.7 Å². The lowest BCUT2D eigenvalue weighted by Crippen LogP contribution is -2.49. The molecule has 64 valence electrons. The highest BCUT2D eigenvalue weighted by atomic mass is 16.4. The molecule has 0 aromatic carbocycles. The van der Waals surface area contributed by atoms with E-state index in [2.05, 4.69) is 5.32 Å². The molecule has 5 heteroatoms. The lowest BCUT2D eigenvalue weighted by Gasteiger charge is -2.24. The van der Waals surface area contributed by atoms with Crippen molar-refractivity contribution >= 4 is 12.4 Å². The van der Waals surface area contributed by atoms with Crippen LogP contribution in [0.2, 0.25) is 0 Å². The smallest absolute Gasteiger partial charge is 0.305 e. The van der Waals surface area contributed by atoms with Crippen LogP contribution in [0.1, 0.15) is 13.3 Å². The summed E-state index contributed by atoms with van der Waals surface area (Å²) < 4.78 is 0. The first kappa shape index (κ1) is 9.90. The molecule has 0 aliphatic rings. The van der Waals surface area contributed by atoms with Gasteiger partial charge in [-0.2, -0.15) is 0 Å². The molecule has 0 heterocycles. The number of nitrogens with one attached hydrogen (secondary N) is 1. The predicted octanol–water partition coefficient (Wildman–Crippen LogP) is -1.08. The van der Waals surface area contributed by atoms with E-state index in [4.69, 9.17) is 10.8 Å². The summed E-state index contributed by atoms with van der Waals surface area (Å²) in [6.45, 7) is 1.69. The highest BCUT2D eigenvalue weighted by Gasteiger charge is 2.24. The molecule has 0 rings (SSSR count). The van der Waals surface area contributed by atoms with Crippen molar-refractivity contribution in [3.8, 4) is 0 Å². The van der Waals surface area contributed by atoms with Crippen molar-refractivity contribution in [1.29, 1.82) is 0 Å². The Morgan fingerprint density at radius 3 is 2.64 bits per heavy atom. The molecule has 0 aromatic rings. The molecule has 0 fully saturated rings. The molecule has 0 aliphatic carbocycles. The number of carboxylic acid groups (broad SMARTS) is 1. The zero-order chi connectivity index (χ0) is 8.91. The monoisotopic (exact) mass is 160 g/mol. The van der Waals surface area contributed by atoms with E-state index >= 15 is 0 Å². The molecule has 1 atom stereocenters. The summed E-state index contributed by atoms with van der Waals surface area (Å²) in [6.07, 6.45) is 0.290. The Bertz CT molecular complexity index is 160. The first-order valence-electron chi connectivity index (χ1n) is 3.17. The maximum atomic E-state index is 10.2. The number of rotatable bonds is 5. The third kappa shape index (κ3) is 3.57. The van der Waals surface area contributed by atoms with E-state index in [1.807, 2.05) is 0 Å². The lowest BCUT2D eigenvalue weighted by molar-refractivity contribution is -0.138. The zero-order valence-electron chi connectivity index (χ0n) is 6.33. The van der Waals surface area contributed by atoms with Crippen molar-refractivity contribution in [2.75, 3.05) is 6.54 Å². The first-order valence-corrected chi connectivity index (χ1v) is 3.17. The molecule has 0 saturated heterocycles. The second-order valence-electron chi connectivity index (χ2n) is 2.60. The molecule has 0 saturated carbocycles. The number of aliphatic carboxylic acids is 1. The fraction of sp³-hybridized carbons (Fsp3) is 0.667. The maximum Gasteiger partial charge on any atom is 0.305 e. The van der Waals surface area contributed by atoms with Gasteiger partial charge in [0.2, 0.25) is 6.41 Å². The van der Waals surface area contributed by atoms with Crippen molar-refractivity contribution in [2.45, 2.75) is 18.9 Å². The van der Waals surface area contributed by atoms with E-state index in [1.165, 1.54) is 0 Å². The average molecular weight is 160 g/mol. The van der Waals surface area contributed by atoms with Gasteiger partial charge in [-0.05, 0) is 6.92 Å². The summed E-state index contributed by atoms with van der Waals surface area (Å²) in [6, 6.07) is 0. The Morgan fingerprint density at radius 2 is 2.36 bits per heavy atom. The van der Waals surface area contributed by atoms with Crippen LogP contribution in [0, 0.1) is 0 Å². The SMILES string of the molecule is CC(CN)(CC(=O)O)NC=O. The van der Waals surface area contributed by atoms with Crippen molar-refractivity contribution in [3.63, 3.8) is 0 Å². The largest absolute Gasteiger partial charge is 0.481 e. The third-order valence-corrected chi connectivity index (χ3v) is 1.40. The van der Waals surface area contributed by atoms with Crippen LogP contribution >= 0.6 is 0 Å². The second-order valence-corrected chi connectivity index (χ2v) is 2.60. The molecular formula is C6H12N2O3. The van der Waals surface area contributed by atoms with Crippen LogP contribution < -0.4 is 11.1 Å². The van der Waals surface area contributed by atoms with Gasteiger partial charge < -0.3 is 16.2 Å². The van der Waals surface area contributed by atoms with E-state index in [1.54, 1.807) is 6.92 Å². The summed E-state index contributed by atoms with van der Waals surface area (Å²) in [5.74, 6) is -0.979. The third-order valence-electron chi connectivity index (χ3n) is 1.40. The van der Waals surface area contributed by atoms with E-state index < -0.39 is 11.5 Å². The van der Waals surface area contributed by atoms with Gasteiger partial charge in [-0.25, -0.2) is 0 Å². The molecule has 0 aliphatic heterocycles. The number of nitrogens with two attached hydrogens (primary N) is 1. The highest BCUT2D eigenvalue weighted by Crippen LogP contribution is 2.05. The van der Waals surface area contributed by atoms with Gasteiger partial charge in [-0.15, -0.1) is 0 Å². The van der Waals surface area contributed by atoms with Crippen LogP contribution in [0.3, 0.4) is 0 Å². The van der Waals surface area contributed by atoms with Crippen LogP contribution in [0.25, 0.3) is 0 Å². The number of carbonyl (C=O) groups excluding carboxylic acids is 1. The Hall–Kier alpha value is -1.10. The Balaban J connectivity index is 4.08. The van der Waals surface area contributed by atoms with Gasteiger partial charge in [-0.1, -0.05) is 0 Å². The van der Waals surface area contributed by atoms with Gasteiger partial charge in [0.25, 0.3) is 0 Å². The number of carboxylic acids is 1. The molecule has 11 heavy (non-hydrogen) atoms. The summed E-state index contributed by atoms with van der Waals surface area (Å²) in [5.41, 5.74) is 4.43. The number of amides is 1. The van der Waals surface area contributed by atoms with Crippen LogP contribution in [0.4, 0.5) is 0 Å². The van der Waals surface area contributed by atoms with Crippen LogP contribution in [0.5, 0.6) is 0 Å². The van der Waals surface area contributed by atoms with Gasteiger partial charge in [0.1, 0.15) is 0 Å². The fourth-order valence-electron chi connectivity index (χ4n) is 0.658. The van der Waals surface area contributed by atoms with Crippen molar-refractivity contribution in [3.05, 3.63) is 0 Å². The van der Waals surface area contributed by atoms with Crippen molar-refractivity contribution in [1.82, 2.24) is 5.32 Å².